The van der Waals surface area contributed by atoms with Crippen LogP contribution in [0.4, 0.5) is 23.4 Å². The molecule has 0 spiro atoms. The Morgan fingerprint density at radius 2 is 2.06 bits per heavy atom. The molecular formula is C24H27F4N5S. The van der Waals surface area contributed by atoms with Gasteiger partial charge in [0.05, 0.1) is 22.5 Å². The highest BCUT2D eigenvalue weighted by Crippen LogP contribution is 2.38. The van der Waals surface area contributed by atoms with Gasteiger partial charge in [-0.1, -0.05) is 18.2 Å². The van der Waals surface area contributed by atoms with E-state index in [1.165, 1.54) is 30.1 Å². The van der Waals surface area contributed by atoms with E-state index in [1.54, 1.807) is 13.0 Å². The number of nitrogens with one attached hydrogen (secondary N) is 4. The maximum absolute atomic E-state index is 13.8. The Bertz CT molecular complexity index is 1070. The van der Waals surface area contributed by atoms with Crippen molar-refractivity contribution in [3.05, 3.63) is 83.2 Å². The summed E-state index contributed by atoms with van der Waals surface area (Å²) in [5, 5.41) is 10.7. The van der Waals surface area contributed by atoms with Crippen LogP contribution >= 0.6 is 11.9 Å². The second kappa shape index (κ2) is 11.5. The summed E-state index contributed by atoms with van der Waals surface area (Å²) in [6.07, 6.45) is 2.77. The van der Waals surface area contributed by atoms with Gasteiger partial charge in [-0.05, 0) is 55.8 Å². The maximum Gasteiger partial charge on any atom is 0.418 e. The Morgan fingerprint density at radius 3 is 2.79 bits per heavy atom. The SMILES string of the molecule is C=CCNC(C)CNC1C=CC=C(SNc2ccc(C(F)(F)F)c(-c3cc(F)ccc3C)n2)N1. The summed E-state index contributed by atoms with van der Waals surface area (Å²) in [6.45, 7) is 8.81. The molecular weight excluding hydrogens is 466 g/mol. The molecule has 1 aromatic carbocycles. The van der Waals surface area contributed by atoms with E-state index in [9.17, 15) is 17.6 Å². The average Bonchev–Trinajstić information content (AvgIpc) is 2.81. The van der Waals surface area contributed by atoms with E-state index in [1.807, 2.05) is 18.2 Å². The number of anilines is 1. The first-order valence-electron chi connectivity index (χ1n) is 10.7. The number of halogens is 4. The van der Waals surface area contributed by atoms with Crippen molar-refractivity contribution in [1.29, 1.82) is 0 Å². The summed E-state index contributed by atoms with van der Waals surface area (Å²) >= 11 is 1.19. The molecule has 2 aromatic rings. The number of benzene rings is 1. The van der Waals surface area contributed by atoms with Gasteiger partial charge in [-0.15, -0.1) is 6.58 Å². The van der Waals surface area contributed by atoms with Crippen molar-refractivity contribution in [1.82, 2.24) is 20.9 Å². The fraction of sp³-hybridized carbons (Fsp3) is 0.292. The minimum atomic E-state index is -4.62. The summed E-state index contributed by atoms with van der Waals surface area (Å²) in [7, 11) is 0. The molecule has 0 radical (unpaired) electrons. The molecule has 1 aromatic heterocycles. The Kier molecular flexibility index (Phi) is 8.76. The van der Waals surface area contributed by atoms with Gasteiger partial charge in [0, 0.05) is 36.6 Å². The predicted octanol–water partition coefficient (Wildman–Crippen LogP) is 5.36. The number of aromatic nitrogens is 1. The van der Waals surface area contributed by atoms with Crippen LogP contribution in [0.2, 0.25) is 0 Å². The molecule has 0 saturated heterocycles. The van der Waals surface area contributed by atoms with Crippen molar-refractivity contribution in [2.75, 3.05) is 17.8 Å². The van der Waals surface area contributed by atoms with Crippen LogP contribution in [0.15, 0.2) is 66.2 Å². The van der Waals surface area contributed by atoms with E-state index in [0.29, 0.717) is 5.56 Å². The number of rotatable bonds is 10. The highest BCUT2D eigenvalue weighted by molar-refractivity contribution is 8.04. The van der Waals surface area contributed by atoms with Gasteiger partial charge in [-0.2, -0.15) is 13.2 Å². The van der Waals surface area contributed by atoms with Gasteiger partial charge in [0.2, 0.25) is 0 Å². The van der Waals surface area contributed by atoms with Crippen LogP contribution in [0.1, 0.15) is 18.1 Å². The number of aryl methyl sites for hydroxylation is 1. The summed E-state index contributed by atoms with van der Waals surface area (Å²) in [5.41, 5.74) is -0.640. The van der Waals surface area contributed by atoms with Crippen LogP contribution in [0.5, 0.6) is 0 Å². The van der Waals surface area contributed by atoms with Crippen molar-refractivity contribution in [2.24, 2.45) is 0 Å². The van der Waals surface area contributed by atoms with Crippen LogP contribution in [0.25, 0.3) is 11.3 Å². The fourth-order valence-corrected chi connectivity index (χ4v) is 3.91. The lowest BCUT2D eigenvalue weighted by Crippen LogP contribution is -2.46. The standard InChI is InChI=1S/C24H27F4N5S/c1-4-12-29-16(3)14-30-20-6-5-7-22(31-20)34-33-21-11-10-19(24(26,27)28)23(32-21)18-13-17(25)9-8-15(18)2/h4-11,13,16,20,29-31H,1,12,14H2,2-3H3,(H,32,33). The number of nitrogens with zero attached hydrogens (tertiary/aromatic N) is 1. The number of dihydropyridines is 1. The van der Waals surface area contributed by atoms with Crippen molar-refractivity contribution < 1.29 is 17.6 Å². The van der Waals surface area contributed by atoms with Crippen molar-refractivity contribution in [2.45, 2.75) is 32.2 Å². The predicted molar refractivity (Wildman–Crippen MR) is 130 cm³/mol. The molecule has 0 saturated carbocycles. The number of hydrogen-bond acceptors (Lipinski definition) is 6. The molecule has 1 aliphatic rings. The quantitative estimate of drug-likeness (QED) is 0.203. The molecule has 4 N–H and O–H groups in total. The van der Waals surface area contributed by atoms with Crippen molar-refractivity contribution in [3.63, 3.8) is 0 Å². The van der Waals surface area contributed by atoms with E-state index in [2.05, 4.69) is 39.2 Å². The highest BCUT2D eigenvalue weighted by Gasteiger charge is 2.35. The third kappa shape index (κ3) is 7.09. The molecule has 34 heavy (non-hydrogen) atoms. The van der Waals surface area contributed by atoms with Crippen molar-refractivity contribution >= 4 is 17.8 Å². The molecule has 5 nitrogen and oxygen atoms in total. The van der Waals surface area contributed by atoms with Crippen molar-refractivity contribution in [3.8, 4) is 11.3 Å². The molecule has 0 bridgehead atoms. The number of hydrogen-bond donors (Lipinski definition) is 4. The molecule has 1 aliphatic heterocycles. The first-order chi connectivity index (χ1) is 16.2. The van der Waals surface area contributed by atoms with Gasteiger partial charge in [0.15, 0.2) is 0 Å². The van der Waals surface area contributed by atoms with E-state index < -0.39 is 17.6 Å². The van der Waals surface area contributed by atoms with Gasteiger partial charge in [0.25, 0.3) is 0 Å². The second-order valence-electron chi connectivity index (χ2n) is 7.80. The van der Waals surface area contributed by atoms with Crippen LogP contribution in [-0.4, -0.2) is 30.3 Å². The van der Waals surface area contributed by atoms with E-state index in [0.717, 1.165) is 30.3 Å². The molecule has 3 rings (SSSR count). The summed E-state index contributed by atoms with van der Waals surface area (Å²) in [6, 6.07) is 6.18. The van der Waals surface area contributed by atoms with E-state index in [4.69, 9.17) is 0 Å². The maximum atomic E-state index is 13.8. The van der Waals surface area contributed by atoms with Gasteiger partial charge in [-0.3, -0.25) is 5.32 Å². The summed E-state index contributed by atoms with van der Waals surface area (Å²) < 4.78 is 57.6. The topological polar surface area (TPSA) is 61.0 Å². The van der Waals surface area contributed by atoms with Gasteiger partial charge >= 0.3 is 6.18 Å². The summed E-state index contributed by atoms with van der Waals surface area (Å²) in [4.78, 5) is 4.18. The third-order valence-corrected chi connectivity index (χ3v) is 5.81. The molecule has 2 heterocycles. The Labute approximate surface area is 200 Å². The van der Waals surface area contributed by atoms with Crippen LogP contribution < -0.4 is 20.7 Å². The average molecular weight is 494 g/mol. The molecule has 10 heteroatoms. The van der Waals surface area contributed by atoms with Crippen LogP contribution in [0.3, 0.4) is 0 Å². The zero-order valence-electron chi connectivity index (χ0n) is 18.8. The Hall–Kier alpha value is -2.82. The molecule has 0 aliphatic carbocycles. The van der Waals surface area contributed by atoms with E-state index >= 15 is 0 Å². The zero-order chi connectivity index (χ0) is 24.7. The highest BCUT2D eigenvalue weighted by atomic mass is 32.2. The van der Waals surface area contributed by atoms with Gasteiger partial charge < -0.3 is 15.4 Å². The number of allylic oxidation sites excluding steroid dienone is 2. The first-order valence-corrected chi connectivity index (χ1v) is 11.5. The lowest BCUT2D eigenvalue weighted by atomic mass is 10.0. The molecule has 2 unspecified atom stereocenters. The zero-order valence-corrected chi connectivity index (χ0v) is 19.7. The fourth-order valence-electron chi connectivity index (χ4n) is 3.25. The van der Waals surface area contributed by atoms with E-state index in [-0.39, 0.29) is 29.3 Å². The smallest absolute Gasteiger partial charge is 0.360 e. The van der Waals surface area contributed by atoms with Crippen LogP contribution in [-0.2, 0) is 6.18 Å². The lowest BCUT2D eigenvalue weighted by Gasteiger charge is -2.24. The Balaban J connectivity index is 1.69. The number of pyridine rings is 1. The van der Waals surface area contributed by atoms with Crippen LogP contribution in [0, 0.1) is 12.7 Å². The summed E-state index contributed by atoms with van der Waals surface area (Å²) in [5.74, 6) is -0.403. The monoisotopic (exact) mass is 493 g/mol. The minimum absolute atomic E-state index is 0.0994. The van der Waals surface area contributed by atoms with Gasteiger partial charge in [0.1, 0.15) is 11.6 Å². The van der Waals surface area contributed by atoms with Gasteiger partial charge in [-0.25, -0.2) is 9.37 Å². The largest absolute Gasteiger partial charge is 0.418 e. The first kappa shape index (κ1) is 25.8. The molecule has 0 amide bonds. The second-order valence-corrected chi connectivity index (χ2v) is 8.65. The normalized spacial score (nSPS) is 16.5. The number of alkyl halides is 3. The molecule has 2 atom stereocenters. The third-order valence-electron chi connectivity index (χ3n) is 5.02. The Morgan fingerprint density at radius 1 is 1.26 bits per heavy atom. The molecule has 182 valence electrons. The lowest BCUT2D eigenvalue weighted by molar-refractivity contribution is -0.137. The molecule has 0 fully saturated rings. The minimum Gasteiger partial charge on any atom is -0.360 e.